The monoisotopic (exact) mass is 278 g/mol. The molecule has 20 heavy (non-hydrogen) atoms. The van der Waals surface area contributed by atoms with Crippen LogP contribution in [-0.4, -0.2) is 46.9 Å². The topological polar surface area (TPSA) is 33.1 Å². The highest BCUT2D eigenvalue weighted by Crippen LogP contribution is 2.20. The molecule has 1 aliphatic heterocycles. The largest absolute Gasteiger partial charge is 0.314 e. The third kappa shape index (κ3) is 4.32. The van der Waals surface area contributed by atoms with Crippen molar-refractivity contribution < 1.29 is 0 Å². The van der Waals surface area contributed by atoms with Crippen molar-refractivity contribution in [2.45, 2.75) is 45.6 Å². The van der Waals surface area contributed by atoms with Gasteiger partial charge in [-0.2, -0.15) is 5.10 Å². The van der Waals surface area contributed by atoms with Crippen molar-refractivity contribution in [2.75, 3.05) is 26.2 Å². The molecule has 0 amide bonds. The maximum atomic E-state index is 4.25. The van der Waals surface area contributed by atoms with Gasteiger partial charge in [0.2, 0.25) is 0 Å². The molecule has 4 nitrogen and oxygen atoms in total. The zero-order valence-corrected chi connectivity index (χ0v) is 13.3. The van der Waals surface area contributed by atoms with Crippen LogP contribution in [0.4, 0.5) is 0 Å². The zero-order chi connectivity index (χ0) is 14.4. The van der Waals surface area contributed by atoms with Crippen molar-refractivity contribution in [3.8, 4) is 0 Å². The number of aromatic nitrogens is 2. The summed E-state index contributed by atoms with van der Waals surface area (Å²) in [6.45, 7) is 9.39. The maximum absolute atomic E-state index is 4.25. The minimum atomic E-state index is 0.731. The van der Waals surface area contributed by atoms with Gasteiger partial charge in [-0.3, -0.25) is 4.68 Å². The van der Waals surface area contributed by atoms with Crippen LogP contribution in [0.3, 0.4) is 0 Å². The average Bonchev–Trinajstić information content (AvgIpc) is 2.89. The van der Waals surface area contributed by atoms with E-state index in [1.165, 1.54) is 44.5 Å². The van der Waals surface area contributed by atoms with Crippen molar-refractivity contribution in [2.24, 2.45) is 13.0 Å². The smallest absolute Gasteiger partial charge is 0.0522 e. The Hall–Kier alpha value is -0.870. The number of aryl methyl sites for hydroxylation is 1. The highest BCUT2D eigenvalue weighted by molar-refractivity contribution is 5.04. The number of hydrogen-bond donors (Lipinski definition) is 1. The average molecular weight is 278 g/mol. The molecule has 1 fully saturated rings. The molecule has 0 aliphatic carbocycles. The zero-order valence-electron chi connectivity index (χ0n) is 13.3. The molecule has 114 valence electrons. The van der Waals surface area contributed by atoms with Gasteiger partial charge in [-0.15, -0.1) is 0 Å². The van der Waals surface area contributed by atoms with Crippen LogP contribution >= 0.6 is 0 Å². The molecule has 0 saturated carbocycles. The van der Waals surface area contributed by atoms with Crippen LogP contribution in [0, 0.1) is 5.92 Å². The first-order valence-corrected chi connectivity index (χ1v) is 8.16. The Morgan fingerprint density at radius 3 is 2.90 bits per heavy atom. The lowest BCUT2D eigenvalue weighted by Crippen LogP contribution is -2.49. The van der Waals surface area contributed by atoms with E-state index < -0.39 is 0 Å². The summed E-state index contributed by atoms with van der Waals surface area (Å²) in [4.78, 5) is 2.63. The number of nitrogens with zero attached hydrogens (tertiary/aromatic N) is 3. The van der Waals surface area contributed by atoms with Gasteiger partial charge in [-0.25, -0.2) is 0 Å². The number of likely N-dealkylation sites (tertiary alicyclic amines) is 1. The number of rotatable bonds is 7. The Labute approximate surface area is 123 Å². The van der Waals surface area contributed by atoms with E-state index >= 15 is 0 Å². The number of piperidine rings is 1. The van der Waals surface area contributed by atoms with Gasteiger partial charge in [-0.05, 0) is 43.8 Å². The van der Waals surface area contributed by atoms with Crippen LogP contribution in [0.1, 0.15) is 38.7 Å². The molecule has 0 radical (unpaired) electrons. The van der Waals surface area contributed by atoms with Crippen molar-refractivity contribution in [1.29, 1.82) is 0 Å². The Morgan fingerprint density at radius 2 is 2.25 bits per heavy atom. The molecule has 1 aromatic heterocycles. The Morgan fingerprint density at radius 1 is 1.40 bits per heavy atom. The molecule has 0 spiro atoms. The summed E-state index contributed by atoms with van der Waals surface area (Å²) in [5.74, 6) is 0.809. The molecule has 2 atom stereocenters. The van der Waals surface area contributed by atoms with E-state index in [9.17, 15) is 0 Å². The fraction of sp³-hybridized carbons (Fsp3) is 0.812. The van der Waals surface area contributed by atoms with Gasteiger partial charge in [0.1, 0.15) is 0 Å². The van der Waals surface area contributed by atoms with Crippen LogP contribution < -0.4 is 5.32 Å². The van der Waals surface area contributed by atoms with Crippen molar-refractivity contribution >= 4 is 0 Å². The van der Waals surface area contributed by atoms with E-state index in [4.69, 9.17) is 0 Å². The fourth-order valence-electron chi connectivity index (χ4n) is 3.21. The van der Waals surface area contributed by atoms with Crippen LogP contribution in [0.5, 0.6) is 0 Å². The first-order valence-electron chi connectivity index (χ1n) is 8.16. The minimum Gasteiger partial charge on any atom is -0.314 e. The standard InChI is InChI=1S/C16H30N4/c1-4-8-17-16-7-10-20(13-15(16)5-2)9-6-14-11-18-19(3)12-14/h11-12,15-17H,4-10,13H2,1-3H3. The predicted octanol–water partition coefficient (Wildman–Crippen LogP) is 2.06. The first kappa shape index (κ1) is 15.5. The van der Waals surface area contributed by atoms with Gasteiger partial charge < -0.3 is 10.2 Å². The highest BCUT2D eigenvalue weighted by Gasteiger charge is 2.27. The molecular formula is C16H30N4. The number of nitrogens with one attached hydrogen (secondary N) is 1. The lowest BCUT2D eigenvalue weighted by molar-refractivity contribution is 0.136. The van der Waals surface area contributed by atoms with E-state index in [0.717, 1.165) is 24.9 Å². The number of hydrogen-bond acceptors (Lipinski definition) is 3. The lowest BCUT2D eigenvalue weighted by atomic mass is 9.89. The highest BCUT2D eigenvalue weighted by atomic mass is 15.2. The van der Waals surface area contributed by atoms with Crippen molar-refractivity contribution in [1.82, 2.24) is 20.0 Å². The second-order valence-corrected chi connectivity index (χ2v) is 6.09. The molecule has 4 heteroatoms. The SMILES string of the molecule is CCCNC1CCN(CCc2cnn(C)c2)CC1CC. The molecule has 1 saturated heterocycles. The minimum absolute atomic E-state index is 0.731. The first-order chi connectivity index (χ1) is 9.72. The van der Waals surface area contributed by atoms with Crippen LogP contribution in [0.25, 0.3) is 0 Å². The van der Waals surface area contributed by atoms with E-state index in [1.807, 2.05) is 17.9 Å². The van der Waals surface area contributed by atoms with Gasteiger partial charge in [0, 0.05) is 32.4 Å². The van der Waals surface area contributed by atoms with Gasteiger partial charge in [-0.1, -0.05) is 20.3 Å². The second-order valence-electron chi connectivity index (χ2n) is 6.09. The molecular weight excluding hydrogens is 248 g/mol. The Bertz CT molecular complexity index is 388. The van der Waals surface area contributed by atoms with Gasteiger partial charge in [0.25, 0.3) is 0 Å². The summed E-state index contributed by atoms with van der Waals surface area (Å²) in [5.41, 5.74) is 1.35. The summed E-state index contributed by atoms with van der Waals surface area (Å²) >= 11 is 0. The Balaban J connectivity index is 1.77. The third-order valence-electron chi connectivity index (χ3n) is 4.47. The van der Waals surface area contributed by atoms with E-state index in [2.05, 4.69) is 35.4 Å². The predicted molar refractivity (Wildman–Crippen MR) is 83.8 cm³/mol. The Kier molecular flexibility index (Phi) is 6.05. The molecule has 0 bridgehead atoms. The lowest BCUT2D eigenvalue weighted by Gasteiger charge is -2.38. The normalized spacial score (nSPS) is 24.1. The summed E-state index contributed by atoms with van der Waals surface area (Å²) in [6.07, 6.45) is 9.06. The van der Waals surface area contributed by atoms with Crippen LogP contribution in [0.15, 0.2) is 12.4 Å². The van der Waals surface area contributed by atoms with E-state index in [0.29, 0.717) is 0 Å². The molecule has 0 aromatic carbocycles. The van der Waals surface area contributed by atoms with Gasteiger partial charge in [0.05, 0.1) is 6.20 Å². The summed E-state index contributed by atoms with van der Waals surface area (Å²) in [5, 5.41) is 7.98. The van der Waals surface area contributed by atoms with Crippen molar-refractivity contribution in [3.05, 3.63) is 18.0 Å². The third-order valence-corrected chi connectivity index (χ3v) is 4.47. The summed E-state index contributed by atoms with van der Waals surface area (Å²) in [6, 6.07) is 0.731. The van der Waals surface area contributed by atoms with Gasteiger partial charge in [0.15, 0.2) is 0 Å². The second kappa shape index (κ2) is 7.79. The van der Waals surface area contributed by atoms with Crippen LogP contribution in [0.2, 0.25) is 0 Å². The molecule has 1 N–H and O–H groups in total. The van der Waals surface area contributed by atoms with E-state index in [-0.39, 0.29) is 0 Å². The quantitative estimate of drug-likeness (QED) is 0.829. The molecule has 2 unspecified atom stereocenters. The van der Waals surface area contributed by atoms with E-state index in [1.54, 1.807) is 0 Å². The van der Waals surface area contributed by atoms with Crippen LogP contribution in [-0.2, 0) is 13.5 Å². The maximum Gasteiger partial charge on any atom is 0.0522 e. The van der Waals surface area contributed by atoms with Crippen molar-refractivity contribution in [3.63, 3.8) is 0 Å². The molecule has 1 aliphatic rings. The summed E-state index contributed by atoms with van der Waals surface area (Å²) in [7, 11) is 1.99. The fourth-order valence-corrected chi connectivity index (χ4v) is 3.21. The molecule has 2 heterocycles. The molecule has 2 rings (SSSR count). The molecule has 1 aromatic rings. The van der Waals surface area contributed by atoms with Gasteiger partial charge >= 0.3 is 0 Å². The summed E-state index contributed by atoms with van der Waals surface area (Å²) < 4.78 is 1.89.